The molecule has 0 bridgehead atoms. The monoisotopic (exact) mass is 550 g/mol. The number of hydrogen-bond acceptors (Lipinski definition) is 8. The zero-order chi connectivity index (χ0) is 28.5. The number of nitrogens with one attached hydrogen (secondary N) is 2. The Hall–Kier alpha value is -3.99. The Bertz CT molecular complexity index is 1530. The van der Waals surface area contributed by atoms with Gasteiger partial charge >= 0.3 is 0 Å². The van der Waals surface area contributed by atoms with Crippen molar-refractivity contribution in [2.24, 2.45) is 10.3 Å². The highest BCUT2D eigenvalue weighted by molar-refractivity contribution is 7.92. The number of benzene rings is 2. The Morgan fingerprint density at radius 1 is 1.13 bits per heavy atom. The molecule has 0 fully saturated rings. The average molecular weight is 551 g/mol. The maximum absolute atomic E-state index is 13.6. The van der Waals surface area contributed by atoms with Crippen molar-refractivity contribution in [2.75, 3.05) is 35.0 Å². The number of methoxy groups -OCH3 is 1. The van der Waals surface area contributed by atoms with E-state index in [9.17, 15) is 13.2 Å². The van der Waals surface area contributed by atoms with E-state index >= 15 is 0 Å². The Labute approximate surface area is 229 Å². The number of pyridine rings is 1. The van der Waals surface area contributed by atoms with Crippen LogP contribution in [0.1, 0.15) is 59.4 Å². The summed E-state index contributed by atoms with van der Waals surface area (Å²) in [5.74, 6) is -0.146. The van der Waals surface area contributed by atoms with E-state index < -0.39 is 10.0 Å². The zero-order valence-corrected chi connectivity index (χ0v) is 24.0. The molecule has 10 nitrogen and oxygen atoms in total. The van der Waals surface area contributed by atoms with Crippen LogP contribution < -0.4 is 19.8 Å². The van der Waals surface area contributed by atoms with E-state index in [-0.39, 0.29) is 28.8 Å². The van der Waals surface area contributed by atoms with Crippen LogP contribution in [0.4, 0.5) is 17.1 Å². The minimum atomic E-state index is -3.59. The van der Waals surface area contributed by atoms with Gasteiger partial charge in [0.05, 0.1) is 37.0 Å². The van der Waals surface area contributed by atoms with E-state index in [1.807, 2.05) is 52.8 Å². The minimum Gasteiger partial charge on any atom is -0.492 e. The Morgan fingerprint density at radius 2 is 1.85 bits per heavy atom. The second kappa shape index (κ2) is 10.6. The lowest BCUT2D eigenvalue weighted by Crippen LogP contribution is -2.20. The summed E-state index contributed by atoms with van der Waals surface area (Å²) in [4.78, 5) is 17.7. The topological polar surface area (TPSA) is 125 Å². The molecule has 1 aromatic heterocycles. The molecular weight excluding hydrogens is 516 g/mol. The summed E-state index contributed by atoms with van der Waals surface area (Å²) in [6, 6.07) is 10.8. The molecule has 1 aliphatic heterocycles. The number of nitrogens with zero attached hydrogens (tertiary/aromatic N) is 4. The van der Waals surface area contributed by atoms with Crippen molar-refractivity contribution in [3.05, 3.63) is 76.6 Å². The Morgan fingerprint density at radius 3 is 2.46 bits per heavy atom. The van der Waals surface area contributed by atoms with Gasteiger partial charge in [-0.15, -0.1) is 0 Å². The molecule has 3 aromatic rings. The highest BCUT2D eigenvalue weighted by Gasteiger charge is 2.26. The lowest BCUT2D eigenvalue weighted by molar-refractivity contribution is 0.102. The first-order valence-electron chi connectivity index (χ1n) is 12.5. The number of amides is 1. The summed E-state index contributed by atoms with van der Waals surface area (Å²) in [6.07, 6.45) is 4.57. The van der Waals surface area contributed by atoms with E-state index in [0.29, 0.717) is 17.8 Å². The van der Waals surface area contributed by atoms with Gasteiger partial charge in [0.2, 0.25) is 10.0 Å². The van der Waals surface area contributed by atoms with Crippen LogP contribution in [-0.4, -0.2) is 39.2 Å². The molecule has 206 valence electrons. The van der Waals surface area contributed by atoms with E-state index in [1.54, 1.807) is 35.6 Å². The molecule has 11 heteroatoms. The number of sulfonamides is 1. The first kappa shape index (κ1) is 28.0. The maximum Gasteiger partial charge on any atom is 0.255 e. The normalized spacial score (nSPS) is 15.4. The van der Waals surface area contributed by atoms with Crippen molar-refractivity contribution in [1.82, 2.24) is 4.98 Å². The van der Waals surface area contributed by atoms with Crippen LogP contribution in [0, 0.1) is 13.8 Å². The molecule has 0 saturated carbocycles. The predicted molar refractivity (Wildman–Crippen MR) is 153 cm³/mol. The smallest absolute Gasteiger partial charge is 0.255 e. The summed E-state index contributed by atoms with van der Waals surface area (Å²) >= 11 is 0. The lowest BCUT2D eigenvalue weighted by Gasteiger charge is -2.24. The van der Waals surface area contributed by atoms with E-state index in [1.165, 1.54) is 7.11 Å². The molecule has 0 radical (unpaired) electrons. The SMILES string of the molecule is COc1c(NC(=O)c2cc(C)c(C)c(N3CC(c4cccnc4)N=N3)c2)cc(C(C)(C)C)cc1NS(C)(=O)=O. The summed E-state index contributed by atoms with van der Waals surface area (Å²) in [6.45, 7) is 10.5. The van der Waals surface area contributed by atoms with Crippen molar-refractivity contribution in [3.8, 4) is 5.75 Å². The second-order valence-corrected chi connectivity index (χ2v) is 12.5. The van der Waals surface area contributed by atoms with Crippen molar-refractivity contribution in [3.63, 3.8) is 0 Å². The predicted octanol–water partition coefficient (Wildman–Crippen LogP) is 5.56. The highest BCUT2D eigenvalue weighted by atomic mass is 32.2. The van der Waals surface area contributed by atoms with Gasteiger partial charge in [0, 0.05) is 18.0 Å². The fourth-order valence-electron chi connectivity index (χ4n) is 4.34. The minimum absolute atomic E-state index is 0.152. The first-order chi connectivity index (χ1) is 18.3. The highest BCUT2D eigenvalue weighted by Crippen LogP contribution is 2.40. The van der Waals surface area contributed by atoms with Gasteiger partial charge in [0.25, 0.3) is 5.91 Å². The molecule has 0 spiro atoms. The van der Waals surface area contributed by atoms with Gasteiger partial charge in [-0.05, 0) is 71.8 Å². The second-order valence-electron chi connectivity index (χ2n) is 10.7. The van der Waals surface area contributed by atoms with Gasteiger partial charge in [-0.1, -0.05) is 32.1 Å². The Kier molecular flexibility index (Phi) is 7.65. The van der Waals surface area contributed by atoms with Crippen LogP contribution in [0.5, 0.6) is 5.75 Å². The fraction of sp³-hybridized carbons (Fsp3) is 0.357. The third kappa shape index (κ3) is 6.36. The molecule has 1 aliphatic rings. The third-order valence-electron chi connectivity index (χ3n) is 6.60. The summed E-state index contributed by atoms with van der Waals surface area (Å²) in [5.41, 5.74) is 5.20. The van der Waals surface area contributed by atoms with Crippen LogP contribution in [0.3, 0.4) is 0 Å². The molecule has 39 heavy (non-hydrogen) atoms. The molecular formula is C28H34N6O4S. The molecule has 1 atom stereocenters. The van der Waals surface area contributed by atoms with Crippen molar-refractivity contribution < 1.29 is 17.9 Å². The van der Waals surface area contributed by atoms with Crippen molar-refractivity contribution >= 4 is 33.0 Å². The number of anilines is 3. The molecule has 0 saturated heterocycles. The van der Waals surface area contributed by atoms with Gasteiger partial charge in [-0.3, -0.25) is 14.5 Å². The molecule has 2 N–H and O–H groups in total. The number of hydrogen-bond donors (Lipinski definition) is 2. The number of carbonyl (C=O) groups is 1. The van der Waals surface area contributed by atoms with Gasteiger partial charge in [0.15, 0.2) is 5.75 Å². The van der Waals surface area contributed by atoms with Crippen LogP contribution >= 0.6 is 0 Å². The van der Waals surface area contributed by atoms with Crippen LogP contribution in [0.25, 0.3) is 0 Å². The number of rotatable bonds is 7. The Balaban J connectivity index is 1.68. The number of aryl methyl sites for hydroxylation is 1. The average Bonchev–Trinajstić information content (AvgIpc) is 3.34. The number of carbonyl (C=O) groups excluding carboxylic acids is 1. The standard InChI is InChI=1S/C28H34N6O4S/c1-17-11-20(12-25(18(17)2)34-16-24(31-33-34)19-9-8-10-29-15-19)27(35)30-22-13-21(28(3,4)5)14-23(26(22)38-6)32-39(7,36)37/h8-15,24,32H,16H2,1-7H3,(H,30,35). The lowest BCUT2D eigenvalue weighted by atomic mass is 9.86. The van der Waals surface area contributed by atoms with E-state index in [2.05, 4.69) is 25.4 Å². The first-order valence-corrected chi connectivity index (χ1v) is 14.4. The number of ether oxygens (including phenoxy) is 1. The van der Waals surface area contributed by atoms with E-state index in [4.69, 9.17) is 4.74 Å². The van der Waals surface area contributed by atoms with Crippen LogP contribution in [0.15, 0.2) is 59.1 Å². The summed E-state index contributed by atoms with van der Waals surface area (Å²) < 4.78 is 32.2. The van der Waals surface area contributed by atoms with Gasteiger partial charge in [0.1, 0.15) is 6.04 Å². The van der Waals surface area contributed by atoms with Crippen LogP contribution in [-0.2, 0) is 15.4 Å². The third-order valence-corrected chi connectivity index (χ3v) is 7.19. The quantitative estimate of drug-likeness (QED) is 0.397. The molecule has 4 rings (SSSR count). The van der Waals surface area contributed by atoms with Crippen molar-refractivity contribution in [2.45, 2.75) is 46.1 Å². The molecule has 1 amide bonds. The molecule has 2 heterocycles. The van der Waals surface area contributed by atoms with E-state index in [0.717, 1.165) is 34.2 Å². The number of aromatic nitrogens is 1. The summed E-state index contributed by atoms with van der Waals surface area (Å²) in [7, 11) is -2.16. The fourth-order valence-corrected chi connectivity index (χ4v) is 4.89. The van der Waals surface area contributed by atoms with Gasteiger partial charge in [-0.25, -0.2) is 13.4 Å². The molecule has 0 aliphatic carbocycles. The largest absolute Gasteiger partial charge is 0.492 e. The van der Waals surface area contributed by atoms with Crippen molar-refractivity contribution in [1.29, 1.82) is 0 Å². The van der Waals surface area contributed by atoms with Crippen LogP contribution in [0.2, 0.25) is 0 Å². The molecule has 1 unspecified atom stereocenters. The zero-order valence-electron chi connectivity index (χ0n) is 23.2. The van der Waals surface area contributed by atoms with Gasteiger partial charge < -0.3 is 10.1 Å². The summed E-state index contributed by atoms with van der Waals surface area (Å²) in [5, 5.41) is 13.5. The van der Waals surface area contributed by atoms with Gasteiger partial charge in [-0.2, -0.15) is 5.11 Å². The molecule has 2 aromatic carbocycles. The maximum atomic E-state index is 13.6.